The van der Waals surface area contributed by atoms with Crippen LogP contribution in [0.3, 0.4) is 0 Å². The Kier molecular flexibility index (Phi) is 4.08. The van der Waals surface area contributed by atoms with Crippen LogP contribution in [0, 0.1) is 5.92 Å². The number of nitrogens with zero attached hydrogens (tertiary/aromatic N) is 2. The average molecular weight is 361 g/mol. The van der Waals surface area contributed by atoms with Crippen LogP contribution in [0.1, 0.15) is 18.4 Å². The number of sulfonamides is 1. The summed E-state index contributed by atoms with van der Waals surface area (Å²) in [5, 5.41) is 1.08. The number of hydrogen-bond donors (Lipinski definition) is 1. The minimum atomic E-state index is -3.21. The lowest BCUT2D eigenvalue weighted by atomic mass is 9.94. The van der Waals surface area contributed by atoms with Gasteiger partial charge in [0.05, 0.1) is 12.7 Å². The number of carbonyl (C=O) groups is 1. The van der Waals surface area contributed by atoms with Crippen molar-refractivity contribution in [3.05, 3.63) is 36.0 Å². The van der Waals surface area contributed by atoms with Gasteiger partial charge in [0.1, 0.15) is 0 Å². The molecule has 4 heterocycles. The third-order valence-electron chi connectivity index (χ3n) is 5.49. The van der Waals surface area contributed by atoms with Gasteiger partial charge in [-0.25, -0.2) is 8.42 Å². The highest BCUT2D eigenvalue weighted by Gasteiger charge is 2.39. The largest absolute Gasteiger partial charge is 0.361 e. The van der Waals surface area contributed by atoms with Gasteiger partial charge in [-0.3, -0.25) is 4.79 Å². The Hall–Kier alpha value is -1.86. The van der Waals surface area contributed by atoms with Crippen molar-refractivity contribution in [1.29, 1.82) is 0 Å². The molecule has 0 saturated carbocycles. The van der Waals surface area contributed by atoms with Crippen LogP contribution in [0.4, 0.5) is 0 Å². The van der Waals surface area contributed by atoms with Crippen molar-refractivity contribution < 1.29 is 13.2 Å². The molecule has 5 rings (SSSR count). The molecule has 2 aromatic rings. The Morgan fingerprint density at radius 1 is 1.20 bits per heavy atom. The highest BCUT2D eigenvalue weighted by atomic mass is 32.2. The zero-order chi connectivity index (χ0) is 17.6. The molecule has 25 heavy (non-hydrogen) atoms. The molecule has 0 spiro atoms. The van der Waals surface area contributed by atoms with Crippen molar-refractivity contribution in [1.82, 2.24) is 14.2 Å². The fourth-order valence-electron chi connectivity index (χ4n) is 4.16. The first-order chi connectivity index (χ1) is 11.9. The summed E-state index contributed by atoms with van der Waals surface area (Å²) in [5.74, 6) is 0.329. The average Bonchev–Trinajstić information content (AvgIpc) is 2.76. The minimum absolute atomic E-state index is 0.00817. The molecule has 3 aliphatic heterocycles. The van der Waals surface area contributed by atoms with Gasteiger partial charge in [-0.1, -0.05) is 18.2 Å². The van der Waals surface area contributed by atoms with Crippen molar-refractivity contribution in [3.8, 4) is 0 Å². The van der Waals surface area contributed by atoms with E-state index in [-0.39, 0.29) is 17.9 Å². The van der Waals surface area contributed by atoms with E-state index in [9.17, 15) is 13.2 Å². The van der Waals surface area contributed by atoms with Gasteiger partial charge in [0, 0.05) is 42.8 Å². The molecule has 1 amide bonds. The number of hydrogen-bond acceptors (Lipinski definition) is 3. The molecular weight excluding hydrogens is 338 g/mol. The first-order valence-corrected chi connectivity index (χ1v) is 10.6. The molecule has 6 nitrogen and oxygen atoms in total. The number of piperidine rings is 1. The van der Waals surface area contributed by atoms with Crippen LogP contribution in [0.25, 0.3) is 10.9 Å². The number of fused-ring (bicyclic) bond motifs is 5. The number of amides is 1. The van der Waals surface area contributed by atoms with E-state index < -0.39 is 10.0 Å². The summed E-state index contributed by atoms with van der Waals surface area (Å²) < 4.78 is 25.5. The van der Waals surface area contributed by atoms with Crippen LogP contribution in [-0.4, -0.2) is 60.4 Å². The molecular formula is C18H23N3O3S. The van der Waals surface area contributed by atoms with E-state index in [0.29, 0.717) is 26.1 Å². The molecule has 3 saturated heterocycles. The number of benzene rings is 1. The van der Waals surface area contributed by atoms with E-state index in [1.165, 1.54) is 6.26 Å². The molecule has 2 atom stereocenters. The summed E-state index contributed by atoms with van der Waals surface area (Å²) in [4.78, 5) is 18.1. The molecule has 2 bridgehead atoms. The Bertz CT molecular complexity index is 905. The second kappa shape index (κ2) is 6.14. The maximum atomic E-state index is 13.0. The summed E-state index contributed by atoms with van der Waals surface area (Å²) in [5.41, 5.74) is 2.03. The highest BCUT2D eigenvalue weighted by molar-refractivity contribution is 7.88. The molecule has 0 unspecified atom stereocenters. The van der Waals surface area contributed by atoms with Gasteiger partial charge in [-0.15, -0.1) is 0 Å². The first-order valence-electron chi connectivity index (χ1n) is 8.71. The van der Waals surface area contributed by atoms with Crippen LogP contribution < -0.4 is 0 Å². The van der Waals surface area contributed by atoms with Crippen LogP contribution in [-0.2, 0) is 21.2 Å². The molecule has 1 aromatic heterocycles. The second-order valence-electron chi connectivity index (χ2n) is 7.26. The number of carbonyl (C=O) groups excluding carboxylic acids is 1. The quantitative estimate of drug-likeness (QED) is 0.902. The van der Waals surface area contributed by atoms with Crippen LogP contribution in [0.2, 0.25) is 0 Å². The summed E-state index contributed by atoms with van der Waals surface area (Å²) >= 11 is 0. The Labute approximate surface area is 147 Å². The summed E-state index contributed by atoms with van der Waals surface area (Å²) in [6.07, 6.45) is 5.40. The maximum Gasteiger partial charge on any atom is 0.227 e. The van der Waals surface area contributed by atoms with Gasteiger partial charge in [0.15, 0.2) is 0 Å². The number of aromatic amines is 1. The highest BCUT2D eigenvalue weighted by Crippen LogP contribution is 2.30. The van der Waals surface area contributed by atoms with E-state index >= 15 is 0 Å². The van der Waals surface area contributed by atoms with E-state index in [0.717, 1.165) is 29.3 Å². The molecule has 134 valence electrons. The number of H-pyrrole nitrogens is 1. The van der Waals surface area contributed by atoms with Gasteiger partial charge < -0.3 is 9.88 Å². The van der Waals surface area contributed by atoms with E-state index in [2.05, 4.69) is 4.98 Å². The number of para-hydroxylation sites is 1. The molecule has 3 aliphatic rings. The third kappa shape index (κ3) is 3.18. The number of rotatable bonds is 3. The van der Waals surface area contributed by atoms with Gasteiger partial charge in [-0.2, -0.15) is 4.31 Å². The number of aromatic nitrogens is 1. The standard InChI is InChI=1S/C18H23N3O3S/c1-25(23,24)20-10-13-6-7-15(12-20)21(11-13)18(22)8-14-9-19-17-5-3-2-4-16(14)17/h2-5,9,13,15,19H,6-8,10-12H2,1H3/t13-,15+/m1/s1. The van der Waals surface area contributed by atoms with E-state index in [1.807, 2.05) is 35.4 Å². The van der Waals surface area contributed by atoms with Crippen molar-refractivity contribution >= 4 is 26.8 Å². The molecule has 0 aliphatic carbocycles. The van der Waals surface area contributed by atoms with E-state index in [1.54, 1.807) is 4.31 Å². The van der Waals surface area contributed by atoms with Gasteiger partial charge in [0.2, 0.25) is 15.9 Å². The SMILES string of the molecule is CS(=O)(=O)N1C[C@H]2CC[C@@H](C1)N(C(=O)Cc1c[nH]c3ccccc13)C2. The van der Waals surface area contributed by atoms with E-state index in [4.69, 9.17) is 0 Å². The summed E-state index contributed by atoms with van der Waals surface area (Å²) in [6, 6.07) is 7.96. The zero-order valence-electron chi connectivity index (χ0n) is 14.3. The van der Waals surface area contributed by atoms with Crippen molar-refractivity contribution in [3.63, 3.8) is 0 Å². The molecule has 0 radical (unpaired) electrons. The molecule has 3 fully saturated rings. The smallest absolute Gasteiger partial charge is 0.227 e. The fraction of sp³-hybridized carbons (Fsp3) is 0.500. The lowest BCUT2D eigenvalue weighted by Crippen LogP contribution is -2.48. The van der Waals surface area contributed by atoms with Crippen molar-refractivity contribution in [2.75, 3.05) is 25.9 Å². The minimum Gasteiger partial charge on any atom is -0.361 e. The molecule has 7 heteroatoms. The van der Waals surface area contributed by atoms with Crippen molar-refractivity contribution in [2.45, 2.75) is 25.3 Å². The van der Waals surface area contributed by atoms with Gasteiger partial charge >= 0.3 is 0 Å². The number of nitrogens with one attached hydrogen (secondary N) is 1. The monoisotopic (exact) mass is 361 g/mol. The third-order valence-corrected chi connectivity index (χ3v) is 6.72. The lowest BCUT2D eigenvalue weighted by molar-refractivity contribution is -0.134. The van der Waals surface area contributed by atoms with Gasteiger partial charge in [0.25, 0.3) is 0 Å². The normalized spacial score (nSPS) is 24.6. The second-order valence-corrected chi connectivity index (χ2v) is 9.24. The maximum absolute atomic E-state index is 13.0. The molecule has 1 aromatic carbocycles. The first kappa shape index (κ1) is 16.6. The Morgan fingerprint density at radius 3 is 2.80 bits per heavy atom. The summed E-state index contributed by atoms with van der Waals surface area (Å²) in [7, 11) is -3.21. The topological polar surface area (TPSA) is 73.5 Å². The van der Waals surface area contributed by atoms with Gasteiger partial charge in [-0.05, 0) is 30.4 Å². The van der Waals surface area contributed by atoms with Crippen molar-refractivity contribution in [2.24, 2.45) is 5.92 Å². The molecule has 1 N–H and O–H groups in total. The zero-order valence-corrected chi connectivity index (χ0v) is 15.1. The van der Waals surface area contributed by atoms with Crippen LogP contribution in [0.5, 0.6) is 0 Å². The lowest BCUT2D eigenvalue weighted by Gasteiger charge is -2.36. The fourth-order valence-corrected chi connectivity index (χ4v) is 5.08. The predicted octanol–water partition coefficient (Wildman–Crippen LogP) is 1.59. The van der Waals surface area contributed by atoms with Crippen LogP contribution >= 0.6 is 0 Å². The van der Waals surface area contributed by atoms with Crippen LogP contribution in [0.15, 0.2) is 30.5 Å². The Morgan fingerprint density at radius 2 is 2.00 bits per heavy atom. The Balaban J connectivity index is 1.55. The predicted molar refractivity (Wildman–Crippen MR) is 96.6 cm³/mol. The summed E-state index contributed by atoms with van der Waals surface area (Å²) in [6.45, 7) is 1.62.